The molecule has 0 aliphatic rings. The van der Waals surface area contributed by atoms with Gasteiger partial charge < -0.3 is 11.1 Å². The first-order valence-corrected chi connectivity index (χ1v) is 6.98. The molecule has 3 nitrogen and oxygen atoms in total. The van der Waals surface area contributed by atoms with Crippen molar-refractivity contribution in [2.75, 3.05) is 11.1 Å². The number of carbonyl (C=O) groups excluding carboxylic acids is 1. The first kappa shape index (κ1) is 15.7. The van der Waals surface area contributed by atoms with E-state index >= 15 is 0 Å². The van der Waals surface area contributed by atoms with Gasteiger partial charge in [0.25, 0.3) is 5.91 Å². The molecule has 3 N–H and O–H groups in total. The minimum absolute atomic E-state index is 0.359. The van der Waals surface area contributed by atoms with Crippen molar-refractivity contribution in [3.8, 4) is 0 Å². The number of carbonyl (C=O) groups is 1. The van der Waals surface area contributed by atoms with Crippen LogP contribution < -0.4 is 11.1 Å². The van der Waals surface area contributed by atoms with Crippen LogP contribution in [0.25, 0.3) is 0 Å². The van der Waals surface area contributed by atoms with E-state index in [9.17, 15) is 13.6 Å². The minimum atomic E-state index is -0.907. The molecule has 0 fully saturated rings. The monoisotopic (exact) mass is 374 g/mol. The maximum absolute atomic E-state index is 13.7. The number of nitrogens with two attached hydrogens (primary N) is 1. The zero-order valence-electron chi connectivity index (χ0n) is 10.8. The fraction of sp³-hybridized carbons (Fsp3) is 0.0714. The van der Waals surface area contributed by atoms with Gasteiger partial charge in [0.15, 0.2) is 0 Å². The van der Waals surface area contributed by atoms with Gasteiger partial charge in [-0.1, -0.05) is 11.6 Å². The number of benzene rings is 2. The minimum Gasteiger partial charge on any atom is -0.398 e. The molecule has 0 unspecified atom stereocenters. The Morgan fingerprint density at radius 3 is 2.57 bits per heavy atom. The number of rotatable bonds is 2. The summed E-state index contributed by atoms with van der Waals surface area (Å²) in [6.45, 7) is 1.81. The number of nitrogens with one attached hydrogen (secondary N) is 1. The van der Waals surface area contributed by atoms with Gasteiger partial charge >= 0.3 is 0 Å². The molecule has 0 heterocycles. The van der Waals surface area contributed by atoms with Crippen LogP contribution in [-0.2, 0) is 0 Å². The van der Waals surface area contributed by atoms with Gasteiger partial charge in [0, 0.05) is 10.2 Å². The number of hydrogen-bond acceptors (Lipinski definition) is 2. The molecule has 21 heavy (non-hydrogen) atoms. The first-order valence-electron chi connectivity index (χ1n) is 5.81. The summed E-state index contributed by atoms with van der Waals surface area (Å²) < 4.78 is 27.6. The van der Waals surface area contributed by atoms with Crippen LogP contribution in [0.5, 0.6) is 0 Å². The van der Waals surface area contributed by atoms with E-state index in [4.69, 9.17) is 17.3 Å². The summed E-state index contributed by atoms with van der Waals surface area (Å²) in [4.78, 5) is 12.0. The summed E-state index contributed by atoms with van der Waals surface area (Å²) in [7, 11) is 0. The van der Waals surface area contributed by atoms with Gasteiger partial charge in [0.2, 0.25) is 0 Å². The molecule has 2 rings (SSSR count). The van der Waals surface area contributed by atoms with Crippen molar-refractivity contribution in [1.29, 1.82) is 0 Å². The van der Waals surface area contributed by atoms with Crippen LogP contribution >= 0.6 is 27.5 Å². The largest absolute Gasteiger partial charge is 0.398 e. The van der Waals surface area contributed by atoms with Crippen LogP contribution in [0.15, 0.2) is 28.7 Å². The van der Waals surface area contributed by atoms with Gasteiger partial charge in [-0.25, -0.2) is 8.78 Å². The van der Waals surface area contributed by atoms with Crippen molar-refractivity contribution < 1.29 is 13.6 Å². The molecule has 0 saturated heterocycles. The second-order valence-electron chi connectivity index (χ2n) is 4.39. The second kappa shape index (κ2) is 5.99. The average Bonchev–Trinajstić information content (AvgIpc) is 2.40. The molecule has 0 aliphatic heterocycles. The molecule has 0 bridgehead atoms. The number of anilines is 2. The SMILES string of the molecule is Cc1cc(Br)c(NC(=O)c2cc(F)c(Cl)cc2F)cc1N. The highest BCUT2D eigenvalue weighted by Gasteiger charge is 2.17. The number of hydrogen-bond donors (Lipinski definition) is 2. The Morgan fingerprint density at radius 2 is 1.90 bits per heavy atom. The Bertz CT molecular complexity index is 737. The molecular formula is C14H10BrClF2N2O. The number of aryl methyl sites for hydroxylation is 1. The molecule has 0 spiro atoms. The highest BCUT2D eigenvalue weighted by Crippen LogP contribution is 2.28. The average molecular weight is 376 g/mol. The number of amides is 1. The van der Waals surface area contributed by atoms with Crippen LogP contribution in [-0.4, -0.2) is 5.91 Å². The standard InChI is InChI=1S/C14H10BrClF2N2O/c1-6-2-8(15)13(5-12(6)19)20-14(21)7-3-11(18)9(16)4-10(7)17/h2-5H,19H2,1H3,(H,20,21). The van der Waals surface area contributed by atoms with E-state index < -0.39 is 23.1 Å². The van der Waals surface area contributed by atoms with Crippen molar-refractivity contribution >= 4 is 44.8 Å². The third-order valence-electron chi connectivity index (χ3n) is 2.86. The molecule has 0 aliphatic carbocycles. The molecule has 2 aromatic rings. The summed E-state index contributed by atoms with van der Waals surface area (Å²) in [5, 5.41) is 2.08. The third-order valence-corrected chi connectivity index (χ3v) is 3.80. The van der Waals surface area contributed by atoms with Gasteiger partial charge in [0.1, 0.15) is 11.6 Å². The molecular weight excluding hydrogens is 366 g/mol. The fourth-order valence-corrected chi connectivity index (χ4v) is 2.38. The molecule has 7 heteroatoms. The van der Waals surface area contributed by atoms with Crippen molar-refractivity contribution in [1.82, 2.24) is 0 Å². The Balaban J connectivity index is 2.35. The smallest absolute Gasteiger partial charge is 0.258 e. The van der Waals surface area contributed by atoms with E-state index in [0.29, 0.717) is 15.8 Å². The van der Waals surface area contributed by atoms with Crippen LogP contribution in [0.2, 0.25) is 5.02 Å². The summed E-state index contributed by atoms with van der Waals surface area (Å²) in [6.07, 6.45) is 0. The number of halogens is 4. The van der Waals surface area contributed by atoms with E-state index in [1.165, 1.54) is 6.07 Å². The van der Waals surface area contributed by atoms with Crippen LogP contribution in [0.4, 0.5) is 20.2 Å². The van der Waals surface area contributed by atoms with Gasteiger partial charge in [-0.3, -0.25) is 4.79 Å². The molecule has 0 radical (unpaired) electrons. The molecule has 110 valence electrons. The zero-order chi connectivity index (χ0) is 15.7. The van der Waals surface area contributed by atoms with Gasteiger partial charge in [0.05, 0.1) is 16.3 Å². The lowest BCUT2D eigenvalue weighted by Crippen LogP contribution is -2.15. The van der Waals surface area contributed by atoms with Crippen LogP contribution in [0, 0.1) is 18.6 Å². The Morgan fingerprint density at radius 1 is 1.24 bits per heavy atom. The van der Waals surface area contributed by atoms with E-state index in [1.807, 2.05) is 0 Å². The van der Waals surface area contributed by atoms with Gasteiger partial charge in [-0.05, 0) is 52.7 Å². The predicted molar refractivity (Wildman–Crippen MR) is 82.6 cm³/mol. The molecule has 2 aromatic carbocycles. The lowest BCUT2D eigenvalue weighted by atomic mass is 10.1. The first-order chi connectivity index (χ1) is 9.79. The maximum Gasteiger partial charge on any atom is 0.258 e. The molecule has 1 amide bonds. The maximum atomic E-state index is 13.7. The fourth-order valence-electron chi connectivity index (χ4n) is 1.67. The lowest BCUT2D eigenvalue weighted by Gasteiger charge is -2.11. The van der Waals surface area contributed by atoms with Crippen molar-refractivity contribution in [2.45, 2.75) is 6.92 Å². The van der Waals surface area contributed by atoms with Crippen LogP contribution in [0.1, 0.15) is 15.9 Å². The normalized spacial score (nSPS) is 10.5. The zero-order valence-corrected chi connectivity index (χ0v) is 13.1. The van der Waals surface area contributed by atoms with Crippen LogP contribution in [0.3, 0.4) is 0 Å². The predicted octanol–water partition coefficient (Wildman–Crippen LogP) is 4.52. The highest BCUT2D eigenvalue weighted by atomic mass is 79.9. The molecule has 0 aromatic heterocycles. The van der Waals surface area contributed by atoms with Gasteiger partial charge in [-0.2, -0.15) is 0 Å². The molecule has 0 saturated carbocycles. The summed E-state index contributed by atoms with van der Waals surface area (Å²) in [5.41, 5.74) is 6.96. The van der Waals surface area contributed by atoms with E-state index in [2.05, 4.69) is 21.2 Å². The quantitative estimate of drug-likeness (QED) is 0.599. The van der Waals surface area contributed by atoms with Crippen molar-refractivity contribution in [2.24, 2.45) is 0 Å². The van der Waals surface area contributed by atoms with E-state index in [-0.39, 0.29) is 5.02 Å². The van der Waals surface area contributed by atoms with Crippen molar-refractivity contribution in [3.63, 3.8) is 0 Å². The van der Waals surface area contributed by atoms with Crippen molar-refractivity contribution in [3.05, 3.63) is 56.5 Å². The summed E-state index contributed by atoms with van der Waals surface area (Å²) in [6, 6.07) is 4.74. The van der Waals surface area contributed by atoms with E-state index in [1.54, 1.807) is 13.0 Å². The second-order valence-corrected chi connectivity index (χ2v) is 5.65. The Kier molecular flexibility index (Phi) is 4.49. The number of nitrogen functional groups attached to an aromatic ring is 1. The third kappa shape index (κ3) is 3.33. The summed E-state index contributed by atoms with van der Waals surface area (Å²) >= 11 is 8.71. The Hall–Kier alpha value is -1.66. The lowest BCUT2D eigenvalue weighted by molar-refractivity contribution is 0.102. The molecule has 0 atom stereocenters. The topological polar surface area (TPSA) is 55.1 Å². The highest BCUT2D eigenvalue weighted by molar-refractivity contribution is 9.10. The Labute approximate surface area is 133 Å². The summed E-state index contributed by atoms with van der Waals surface area (Å²) in [5.74, 6) is -2.58. The van der Waals surface area contributed by atoms with E-state index in [0.717, 1.165) is 17.7 Å². The van der Waals surface area contributed by atoms with Gasteiger partial charge in [-0.15, -0.1) is 0 Å².